The lowest BCUT2D eigenvalue weighted by Crippen LogP contribution is -2.25. The summed E-state index contributed by atoms with van der Waals surface area (Å²) in [6.07, 6.45) is 7.28. The summed E-state index contributed by atoms with van der Waals surface area (Å²) in [5.74, 6) is 2.27. The molecule has 0 amide bonds. The Morgan fingerprint density at radius 1 is 1.05 bits per heavy atom. The Bertz CT molecular complexity index is 405. The van der Waals surface area contributed by atoms with Crippen molar-refractivity contribution in [1.82, 2.24) is 15.2 Å². The predicted octanol–water partition coefficient (Wildman–Crippen LogP) is 3.23. The zero-order valence-electron chi connectivity index (χ0n) is 12.4. The molecule has 1 saturated carbocycles. The van der Waals surface area contributed by atoms with E-state index in [2.05, 4.69) is 41.3 Å². The summed E-state index contributed by atoms with van der Waals surface area (Å²) < 4.78 is 0. The Balaban J connectivity index is 1.95. The molecule has 0 aromatic carbocycles. The molecule has 2 rings (SSSR count). The summed E-state index contributed by atoms with van der Waals surface area (Å²) in [5, 5.41) is 11.9. The highest BCUT2D eigenvalue weighted by atomic mass is 15.2. The van der Waals surface area contributed by atoms with Crippen molar-refractivity contribution in [2.75, 3.05) is 11.9 Å². The van der Waals surface area contributed by atoms with Crippen molar-refractivity contribution in [1.29, 1.82) is 0 Å². The van der Waals surface area contributed by atoms with Gasteiger partial charge in [-0.05, 0) is 31.1 Å². The van der Waals surface area contributed by atoms with Gasteiger partial charge in [-0.15, -0.1) is 5.10 Å². The second kappa shape index (κ2) is 6.83. The Morgan fingerprint density at radius 3 is 2.47 bits per heavy atom. The molecule has 0 bridgehead atoms. The van der Waals surface area contributed by atoms with E-state index in [1.807, 2.05) is 0 Å². The van der Waals surface area contributed by atoms with Gasteiger partial charge in [-0.1, -0.05) is 40.0 Å². The quantitative estimate of drug-likeness (QED) is 0.885. The number of rotatable bonds is 5. The van der Waals surface area contributed by atoms with Crippen LogP contribution in [-0.4, -0.2) is 21.7 Å². The van der Waals surface area contributed by atoms with Crippen LogP contribution in [-0.2, 0) is 12.8 Å². The highest BCUT2D eigenvalue weighted by Gasteiger charge is 2.21. The maximum atomic E-state index is 4.59. The third-order valence-corrected chi connectivity index (χ3v) is 4.32. The second-order valence-corrected chi connectivity index (χ2v) is 5.64. The number of aryl methyl sites for hydroxylation is 2. The summed E-state index contributed by atoms with van der Waals surface area (Å²) in [5.41, 5.74) is 2.11. The maximum absolute atomic E-state index is 4.59. The number of anilines is 1. The van der Waals surface area contributed by atoms with Crippen LogP contribution in [0.2, 0.25) is 0 Å². The molecule has 0 aliphatic heterocycles. The first-order valence-electron chi connectivity index (χ1n) is 7.70. The number of hydrogen-bond acceptors (Lipinski definition) is 4. The van der Waals surface area contributed by atoms with Crippen LogP contribution in [0, 0.1) is 11.8 Å². The molecule has 106 valence electrons. The number of aromatic nitrogens is 3. The Labute approximate surface area is 116 Å². The third kappa shape index (κ3) is 3.64. The van der Waals surface area contributed by atoms with Gasteiger partial charge in [-0.2, -0.15) is 5.10 Å². The van der Waals surface area contributed by atoms with Crippen molar-refractivity contribution in [3.8, 4) is 0 Å². The van der Waals surface area contributed by atoms with Crippen LogP contribution in [0.4, 0.5) is 5.95 Å². The van der Waals surface area contributed by atoms with Gasteiger partial charge >= 0.3 is 0 Å². The molecule has 1 fully saturated rings. The molecule has 4 nitrogen and oxygen atoms in total. The van der Waals surface area contributed by atoms with Gasteiger partial charge in [0, 0.05) is 6.54 Å². The van der Waals surface area contributed by atoms with Crippen molar-refractivity contribution in [2.24, 2.45) is 11.8 Å². The lowest BCUT2D eigenvalue weighted by molar-refractivity contribution is 0.268. The van der Waals surface area contributed by atoms with E-state index < -0.39 is 0 Å². The lowest BCUT2D eigenvalue weighted by Gasteiger charge is -2.28. The van der Waals surface area contributed by atoms with Gasteiger partial charge in [0.05, 0.1) is 11.4 Å². The molecule has 0 spiro atoms. The molecular weight excluding hydrogens is 236 g/mol. The SMILES string of the molecule is CCc1nnc(NCC2CCCCC2C)nc1CC. The highest BCUT2D eigenvalue weighted by molar-refractivity contribution is 5.25. The molecular formula is C15H26N4. The van der Waals surface area contributed by atoms with Crippen LogP contribution < -0.4 is 5.32 Å². The van der Waals surface area contributed by atoms with Crippen molar-refractivity contribution in [3.63, 3.8) is 0 Å². The van der Waals surface area contributed by atoms with Crippen LogP contribution in [0.3, 0.4) is 0 Å². The van der Waals surface area contributed by atoms with Crippen LogP contribution in [0.25, 0.3) is 0 Å². The molecule has 0 saturated heterocycles. The van der Waals surface area contributed by atoms with E-state index in [1.165, 1.54) is 25.7 Å². The van der Waals surface area contributed by atoms with Gasteiger partial charge in [0.1, 0.15) is 0 Å². The molecule has 19 heavy (non-hydrogen) atoms. The molecule has 1 aliphatic rings. The monoisotopic (exact) mass is 262 g/mol. The Hall–Kier alpha value is -1.19. The van der Waals surface area contributed by atoms with Crippen molar-refractivity contribution < 1.29 is 0 Å². The molecule has 1 N–H and O–H groups in total. The first kappa shape index (κ1) is 14.2. The first-order valence-corrected chi connectivity index (χ1v) is 7.70. The normalized spacial score (nSPS) is 23.3. The fourth-order valence-corrected chi connectivity index (χ4v) is 2.93. The van der Waals surface area contributed by atoms with E-state index in [4.69, 9.17) is 0 Å². The summed E-state index contributed by atoms with van der Waals surface area (Å²) >= 11 is 0. The van der Waals surface area contributed by atoms with E-state index >= 15 is 0 Å². The minimum atomic E-state index is 0.701. The number of nitrogens with zero attached hydrogens (tertiary/aromatic N) is 3. The van der Waals surface area contributed by atoms with Gasteiger partial charge in [0.2, 0.25) is 5.95 Å². The van der Waals surface area contributed by atoms with Crippen LogP contribution in [0.15, 0.2) is 0 Å². The largest absolute Gasteiger partial charge is 0.353 e. The van der Waals surface area contributed by atoms with E-state index in [9.17, 15) is 0 Å². The molecule has 2 unspecified atom stereocenters. The average molecular weight is 262 g/mol. The summed E-state index contributed by atoms with van der Waals surface area (Å²) in [4.78, 5) is 4.59. The van der Waals surface area contributed by atoms with Gasteiger partial charge < -0.3 is 5.32 Å². The third-order valence-electron chi connectivity index (χ3n) is 4.32. The van der Waals surface area contributed by atoms with Crippen molar-refractivity contribution in [3.05, 3.63) is 11.4 Å². The molecule has 1 aliphatic carbocycles. The molecule has 0 radical (unpaired) electrons. The van der Waals surface area contributed by atoms with E-state index in [1.54, 1.807) is 0 Å². The standard InChI is InChI=1S/C15H26N4/c1-4-13-14(5-2)18-19-15(17-13)16-10-12-9-7-6-8-11(12)3/h11-12H,4-10H2,1-3H3,(H,16,17,19). The highest BCUT2D eigenvalue weighted by Crippen LogP contribution is 2.29. The smallest absolute Gasteiger partial charge is 0.242 e. The predicted molar refractivity (Wildman–Crippen MR) is 78.2 cm³/mol. The van der Waals surface area contributed by atoms with Gasteiger partial charge in [-0.25, -0.2) is 4.98 Å². The zero-order chi connectivity index (χ0) is 13.7. The molecule has 4 heteroatoms. The maximum Gasteiger partial charge on any atom is 0.242 e. The molecule has 1 aromatic rings. The minimum Gasteiger partial charge on any atom is -0.353 e. The topological polar surface area (TPSA) is 50.7 Å². The van der Waals surface area contributed by atoms with Crippen LogP contribution in [0.1, 0.15) is 57.8 Å². The fourth-order valence-electron chi connectivity index (χ4n) is 2.93. The number of hydrogen-bond donors (Lipinski definition) is 1. The van der Waals surface area contributed by atoms with E-state index in [0.29, 0.717) is 5.95 Å². The van der Waals surface area contributed by atoms with Crippen LogP contribution >= 0.6 is 0 Å². The van der Waals surface area contributed by atoms with Gasteiger partial charge in [0.25, 0.3) is 0 Å². The average Bonchev–Trinajstić information content (AvgIpc) is 2.46. The molecule has 1 aromatic heterocycles. The lowest BCUT2D eigenvalue weighted by atomic mass is 9.80. The summed E-state index contributed by atoms with van der Waals surface area (Å²) in [7, 11) is 0. The molecule has 2 atom stereocenters. The van der Waals surface area contributed by atoms with E-state index in [-0.39, 0.29) is 0 Å². The Morgan fingerprint density at radius 2 is 1.79 bits per heavy atom. The second-order valence-electron chi connectivity index (χ2n) is 5.64. The minimum absolute atomic E-state index is 0.701. The van der Waals surface area contributed by atoms with E-state index in [0.717, 1.165) is 42.6 Å². The Kier molecular flexibility index (Phi) is 5.11. The zero-order valence-corrected chi connectivity index (χ0v) is 12.4. The van der Waals surface area contributed by atoms with Gasteiger partial charge in [-0.3, -0.25) is 0 Å². The van der Waals surface area contributed by atoms with Gasteiger partial charge in [0.15, 0.2) is 0 Å². The first-order chi connectivity index (χ1) is 9.24. The van der Waals surface area contributed by atoms with Crippen molar-refractivity contribution in [2.45, 2.75) is 59.3 Å². The summed E-state index contributed by atoms with van der Waals surface area (Å²) in [6.45, 7) is 7.57. The number of nitrogens with one attached hydrogen (secondary N) is 1. The molecule has 1 heterocycles. The van der Waals surface area contributed by atoms with Crippen molar-refractivity contribution >= 4 is 5.95 Å². The summed E-state index contributed by atoms with van der Waals surface area (Å²) in [6, 6.07) is 0. The fraction of sp³-hybridized carbons (Fsp3) is 0.800. The van der Waals surface area contributed by atoms with Crippen LogP contribution in [0.5, 0.6) is 0 Å².